The summed E-state index contributed by atoms with van der Waals surface area (Å²) < 4.78 is 34.6. The van der Waals surface area contributed by atoms with E-state index in [1.165, 1.54) is 15.9 Å². The largest absolute Gasteiger partial charge is 0.466 e. The molecule has 5 rings (SSSR count). The molecular weight excluding hydrogens is 474 g/mol. The Morgan fingerprint density at radius 1 is 1.24 bits per heavy atom. The van der Waals surface area contributed by atoms with Crippen molar-refractivity contribution >= 4 is 48.8 Å². The van der Waals surface area contributed by atoms with Crippen LogP contribution in [-0.2, 0) is 19.4 Å². The molecule has 4 heterocycles. The van der Waals surface area contributed by atoms with Gasteiger partial charge in [-0.1, -0.05) is 11.3 Å². The molecule has 0 N–H and O–H groups in total. The molecule has 1 unspecified atom stereocenters. The molecule has 1 atom stereocenters. The predicted octanol–water partition coefficient (Wildman–Crippen LogP) is 3.57. The summed E-state index contributed by atoms with van der Waals surface area (Å²) in [6.07, 6.45) is 1.57. The number of hydrogen-bond donors (Lipinski definition) is 0. The van der Waals surface area contributed by atoms with E-state index in [-0.39, 0.29) is 27.5 Å². The summed E-state index contributed by atoms with van der Waals surface area (Å²) in [5.74, 6) is 0.188. The van der Waals surface area contributed by atoms with Gasteiger partial charge in [-0.2, -0.15) is 4.52 Å². The number of carbonyl (C=O) groups is 1. The van der Waals surface area contributed by atoms with Crippen LogP contribution in [0.1, 0.15) is 30.9 Å². The maximum absolute atomic E-state index is 13.5. The molecule has 1 aliphatic heterocycles. The van der Waals surface area contributed by atoms with Crippen molar-refractivity contribution in [1.29, 1.82) is 0 Å². The summed E-state index contributed by atoms with van der Waals surface area (Å²) >= 11 is 1.50. The highest BCUT2D eigenvalue weighted by molar-refractivity contribution is 7.91. The molecule has 1 saturated heterocycles. The zero-order valence-electron chi connectivity index (χ0n) is 19.2. The third-order valence-electron chi connectivity index (χ3n) is 6.29. The molecule has 9 nitrogen and oxygen atoms in total. The van der Waals surface area contributed by atoms with Crippen LogP contribution in [0.3, 0.4) is 0 Å². The van der Waals surface area contributed by atoms with E-state index in [4.69, 9.17) is 9.72 Å². The number of ether oxygens (including phenoxy) is 1. The first kappa shape index (κ1) is 22.7. The van der Waals surface area contributed by atoms with Gasteiger partial charge in [0.15, 0.2) is 11.5 Å². The van der Waals surface area contributed by atoms with Crippen LogP contribution in [0.25, 0.3) is 15.9 Å². The van der Waals surface area contributed by atoms with Gasteiger partial charge < -0.3 is 9.64 Å². The summed E-state index contributed by atoms with van der Waals surface area (Å²) in [7, 11) is -3.94. The molecule has 4 aromatic rings. The summed E-state index contributed by atoms with van der Waals surface area (Å²) in [5, 5.41) is 9.94. The number of carbonyl (C=O) groups excluding carboxylic acids is 1. The molecule has 3 aromatic heterocycles. The third kappa shape index (κ3) is 3.72. The van der Waals surface area contributed by atoms with Gasteiger partial charge in [-0.05, 0) is 68.3 Å². The predicted molar refractivity (Wildman–Crippen MR) is 129 cm³/mol. The lowest BCUT2D eigenvalue weighted by Crippen LogP contribution is -2.40. The van der Waals surface area contributed by atoms with Crippen molar-refractivity contribution in [2.75, 3.05) is 24.6 Å². The maximum atomic E-state index is 13.5. The minimum Gasteiger partial charge on any atom is -0.466 e. The van der Waals surface area contributed by atoms with Gasteiger partial charge in [0.25, 0.3) is 0 Å². The second-order valence-corrected chi connectivity index (χ2v) is 11.3. The van der Waals surface area contributed by atoms with E-state index >= 15 is 0 Å². The molecule has 0 bridgehead atoms. The number of benzene rings is 1. The van der Waals surface area contributed by atoms with Crippen LogP contribution in [0, 0.1) is 19.8 Å². The first-order chi connectivity index (χ1) is 16.3. The van der Waals surface area contributed by atoms with Gasteiger partial charge in [0.05, 0.1) is 27.6 Å². The van der Waals surface area contributed by atoms with Gasteiger partial charge in [-0.3, -0.25) is 4.79 Å². The van der Waals surface area contributed by atoms with Crippen molar-refractivity contribution in [1.82, 2.24) is 19.8 Å². The highest BCUT2D eigenvalue weighted by Gasteiger charge is 2.31. The topological polar surface area (TPSA) is 107 Å². The van der Waals surface area contributed by atoms with Gasteiger partial charge in [0.1, 0.15) is 0 Å². The van der Waals surface area contributed by atoms with E-state index in [0.29, 0.717) is 25.5 Å². The lowest BCUT2D eigenvalue weighted by Gasteiger charge is -2.32. The number of rotatable bonds is 5. The van der Waals surface area contributed by atoms with Crippen LogP contribution in [0.5, 0.6) is 0 Å². The highest BCUT2D eigenvalue weighted by Crippen LogP contribution is 2.35. The fourth-order valence-electron chi connectivity index (χ4n) is 4.31. The normalized spacial score (nSPS) is 16.9. The van der Waals surface area contributed by atoms with E-state index in [2.05, 4.69) is 10.3 Å². The summed E-state index contributed by atoms with van der Waals surface area (Å²) in [6, 6.07) is 6.90. The number of hydrogen-bond acceptors (Lipinski definition) is 9. The molecule has 0 aliphatic carbocycles. The molecule has 34 heavy (non-hydrogen) atoms. The number of nitrogens with zero attached hydrogens (tertiary/aromatic N) is 5. The second-order valence-electron chi connectivity index (χ2n) is 8.49. The first-order valence-electron chi connectivity index (χ1n) is 11.2. The second kappa shape index (κ2) is 8.62. The van der Waals surface area contributed by atoms with Crippen molar-refractivity contribution in [3.63, 3.8) is 0 Å². The molecule has 1 aromatic carbocycles. The number of thiophene rings is 1. The fourth-order valence-corrected chi connectivity index (χ4v) is 6.52. The molecule has 0 saturated carbocycles. The van der Waals surface area contributed by atoms with Gasteiger partial charge >= 0.3 is 5.97 Å². The number of aryl methyl sites for hydroxylation is 2. The van der Waals surface area contributed by atoms with Crippen molar-refractivity contribution in [2.24, 2.45) is 5.92 Å². The summed E-state index contributed by atoms with van der Waals surface area (Å²) in [5.41, 5.74) is 2.80. The third-order valence-corrected chi connectivity index (χ3v) is 8.84. The monoisotopic (exact) mass is 499 g/mol. The first-order valence-corrected chi connectivity index (χ1v) is 13.5. The molecule has 0 spiro atoms. The molecule has 1 fully saturated rings. The molecular formula is C23H25N5O4S2. The maximum Gasteiger partial charge on any atom is 0.310 e. The molecule has 1 aliphatic rings. The Labute approximate surface area is 201 Å². The van der Waals surface area contributed by atoms with E-state index in [1.54, 1.807) is 25.1 Å². The fraction of sp³-hybridized carbons (Fsp3) is 0.391. The SMILES string of the molecule is CCOC(=O)C1CCCN(c2nc3c(S(=O)(=O)c4ccc(C)c(C)c4)nnn3c3ccsc23)C1. The van der Waals surface area contributed by atoms with E-state index in [0.717, 1.165) is 34.2 Å². The Hall–Kier alpha value is -3.05. The number of sulfone groups is 1. The van der Waals surface area contributed by atoms with E-state index in [1.807, 2.05) is 30.2 Å². The Bertz CT molecular complexity index is 1510. The van der Waals surface area contributed by atoms with Gasteiger partial charge in [-0.15, -0.1) is 16.4 Å². The Morgan fingerprint density at radius 3 is 2.82 bits per heavy atom. The number of aromatic nitrogens is 4. The van der Waals surface area contributed by atoms with Crippen LogP contribution >= 0.6 is 11.3 Å². The standard InChI is InChI=1S/C23H25N5O4S2/c1-4-32-23(29)16-6-5-10-27(13-16)20-19-18(9-11-33-19)28-21(24-20)22(25-26-28)34(30,31)17-8-7-14(2)15(3)12-17/h7-9,11-12,16H,4-6,10,13H2,1-3H3. The number of piperidine rings is 1. The number of fused-ring (bicyclic) bond motifs is 3. The van der Waals surface area contributed by atoms with Gasteiger partial charge in [0.2, 0.25) is 14.9 Å². The Morgan fingerprint density at radius 2 is 2.06 bits per heavy atom. The lowest BCUT2D eigenvalue weighted by atomic mass is 9.98. The number of esters is 1. The van der Waals surface area contributed by atoms with Crippen molar-refractivity contribution in [2.45, 2.75) is 43.5 Å². The highest BCUT2D eigenvalue weighted by atomic mass is 32.2. The van der Waals surface area contributed by atoms with Crippen LogP contribution in [0.2, 0.25) is 0 Å². The molecule has 178 valence electrons. The minimum atomic E-state index is -3.94. The van der Waals surface area contributed by atoms with E-state index in [9.17, 15) is 13.2 Å². The van der Waals surface area contributed by atoms with Crippen molar-refractivity contribution < 1.29 is 17.9 Å². The molecule has 0 radical (unpaired) electrons. The van der Waals surface area contributed by atoms with E-state index < -0.39 is 9.84 Å². The van der Waals surface area contributed by atoms with Gasteiger partial charge in [0, 0.05) is 13.1 Å². The van der Waals surface area contributed by atoms with Crippen molar-refractivity contribution in [3.05, 3.63) is 40.8 Å². The Kier molecular flexibility index (Phi) is 5.76. The van der Waals surface area contributed by atoms with Crippen LogP contribution in [-0.4, -0.2) is 53.9 Å². The molecule has 0 amide bonds. The summed E-state index contributed by atoms with van der Waals surface area (Å²) in [6.45, 7) is 7.13. The lowest BCUT2D eigenvalue weighted by molar-refractivity contribution is -0.148. The zero-order chi connectivity index (χ0) is 24.0. The average Bonchev–Trinajstić information content (AvgIpc) is 3.47. The smallest absolute Gasteiger partial charge is 0.310 e. The van der Waals surface area contributed by atoms with Crippen LogP contribution in [0.15, 0.2) is 39.6 Å². The summed E-state index contributed by atoms with van der Waals surface area (Å²) in [4.78, 5) is 19.4. The molecule has 11 heteroatoms. The quantitative estimate of drug-likeness (QED) is 0.384. The van der Waals surface area contributed by atoms with Gasteiger partial charge in [-0.25, -0.2) is 13.4 Å². The Balaban J connectivity index is 1.63. The minimum absolute atomic E-state index is 0.159. The zero-order valence-corrected chi connectivity index (χ0v) is 20.8. The van der Waals surface area contributed by atoms with Crippen LogP contribution in [0.4, 0.5) is 5.82 Å². The van der Waals surface area contributed by atoms with Crippen molar-refractivity contribution in [3.8, 4) is 0 Å². The number of anilines is 1. The average molecular weight is 500 g/mol. The van der Waals surface area contributed by atoms with Crippen LogP contribution < -0.4 is 4.90 Å².